The van der Waals surface area contributed by atoms with E-state index >= 15 is 0 Å². The number of carbonyl (C=O) groups is 1. The molecule has 6 nitrogen and oxygen atoms in total. The van der Waals surface area contributed by atoms with Crippen LogP contribution in [-0.4, -0.2) is 66.2 Å². The molecule has 0 N–H and O–H groups in total. The van der Waals surface area contributed by atoms with Gasteiger partial charge in [0.1, 0.15) is 12.4 Å². The molecule has 3 atom stereocenters. The van der Waals surface area contributed by atoms with Gasteiger partial charge in [-0.1, -0.05) is 13.0 Å². The summed E-state index contributed by atoms with van der Waals surface area (Å²) in [6.07, 6.45) is 3.66. The van der Waals surface area contributed by atoms with Gasteiger partial charge < -0.3 is 14.4 Å². The van der Waals surface area contributed by atoms with Gasteiger partial charge >= 0.3 is 0 Å². The minimum absolute atomic E-state index is 0.115. The number of methoxy groups -OCH3 is 1. The number of nitrogens with zero attached hydrogens (tertiary/aromatic N) is 3. The first-order valence-electron chi connectivity index (χ1n) is 11.7. The molecule has 2 fully saturated rings. The number of hydrogen-bond acceptors (Lipinski definition) is 5. The van der Waals surface area contributed by atoms with Crippen LogP contribution in [0.25, 0.3) is 0 Å². The molecule has 0 spiro atoms. The number of aromatic nitrogens is 1. The normalized spacial score (nSPS) is 21.2. The van der Waals surface area contributed by atoms with Gasteiger partial charge in [0, 0.05) is 50.2 Å². The average Bonchev–Trinajstić information content (AvgIpc) is 3.42. The number of rotatable bonds is 8. The highest BCUT2D eigenvalue weighted by Gasteiger charge is 2.47. The molecule has 1 aromatic carbocycles. The maximum atomic E-state index is 13.1. The summed E-state index contributed by atoms with van der Waals surface area (Å²) in [5, 5.41) is 0. The second-order valence-electron chi connectivity index (χ2n) is 9.01. The first kappa shape index (κ1) is 22.7. The van der Waals surface area contributed by atoms with Crippen LogP contribution in [0, 0.1) is 13.8 Å². The topological polar surface area (TPSA) is 54.9 Å². The second-order valence-corrected chi connectivity index (χ2v) is 9.01. The maximum Gasteiger partial charge on any atom is 0.255 e. The molecule has 2 aliphatic rings. The third kappa shape index (κ3) is 4.26. The Kier molecular flexibility index (Phi) is 6.82. The maximum absolute atomic E-state index is 13.1. The molecule has 2 aliphatic heterocycles. The highest BCUT2D eigenvalue weighted by Crippen LogP contribution is 2.39. The molecule has 2 aromatic rings. The Bertz CT molecular complexity index is 960. The highest BCUT2D eigenvalue weighted by molar-refractivity contribution is 5.94. The molecule has 2 bridgehead atoms. The summed E-state index contributed by atoms with van der Waals surface area (Å²) in [4.78, 5) is 22.1. The standard InChI is InChI=1S/C26H35N3O3/c1-6-21-8-7-20(14-27-21)26(30)29-16-22-13-23(29)15-28(22)19(4)24-9-10-25(18(3)17(24)2)32-12-11-31-5/h7-10,14,19,22-23H,6,11-13,15-16H2,1-5H3/t19-,22+,23+/m0/s1. The fraction of sp³-hybridized carbons (Fsp3) is 0.538. The minimum atomic E-state index is 0.115. The quantitative estimate of drug-likeness (QED) is 0.586. The highest BCUT2D eigenvalue weighted by atomic mass is 16.5. The summed E-state index contributed by atoms with van der Waals surface area (Å²) in [6.45, 7) is 11.5. The van der Waals surface area contributed by atoms with Crippen molar-refractivity contribution < 1.29 is 14.3 Å². The zero-order chi connectivity index (χ0) is 22.8. The molecule has 0 saturated carbocycles. The number of likely N-dealkylation sites (tertiary alicyclic amines) is 2. The predicted molar refractivity (Wildman–Crippen MR) is 125 cm³/mol. The van der Waals surface area contributed by atoms with Crippen LogP contribution in [0.2, 0.25) is 0 Å². The van der Waals surface area contributed by atoms with Crippen molar-refractivity contribution in [2.24, 2.45) is 0 Å². The molecular weight excluding hydrogens is 402 g/mol. The van der Waals surface area contributed by atoms with Crippen LogP contribution >= 0.6 is 0 Å². The van der Waals surface area contributed by atoms with Crippen molar-refractivity contribution >= 4 is 5.91 Å². The van der Waals surface area contributed by atoms with E-state index in [1.807, 2.05) is 12.1 Å². The van der Waals surface area contributed by atoms with Crippen LogP contribution < -0.4 is 4.74 Å². The van der Waals surface area contributed by atoms with Crippen LogP contribution in [0.3, 0.4) is 0 Å². The van der Waals surface area contributed by atoms with Crippen molar-refractivity contribution in [1.29, 1.82) is 0 Å². The summed E-state index contributed by atoms with van der Waals surface area (Å²) in [6, 6.07) is 9.15. The summed E-state index contributed by atoms with van der Waals surface area (Å²) < 4.78 is 11.0. The van der Waals surface area contributed by atoms with Crippen LogP contribution in [0.1, 0.15) is 59.1 Å². The van der Waals surface area contributed by atoms with E-state index in [9.17, 15) is 4.79 Å². The molecule has 32 heavy (non-hydrogen) atoms. The molecule has 6 heteroatoms. The summed E-state index contributed by atoms with van der Waals surface area (Å²) in [7, 11) is 1.68. The van der Waals surface area contributed by atoms with Crippen molar-refractivity contribution in [3.05, 3.63) is 58.4 Å². The molecule has 0 unspecified atom stereocenters. The smallest absolute Gasteiger partial charge is 0.255 e. The molecule has 3 heterocycles. The Hall–Kier alpha value is -2.44. The number of amides is 1. The number of pyridine rings is 1. The van der Waals surface area contributed by atoms with Crippen molar-refractivity contribution in [1.82, 2.24) is 14.8 Å². The number of hydrogen-bond donors (Lipinski definition) is 0. The molecule has 0 radical (unpaired) electrons. The average molecular weight is 438 g/mol. The van der Waals surface area contributed by atoms with Crippen molar-refractivity contribution in [2.45, 2.75) is 58.7 Å². The van der Waals surface area contributed by atoms with E-state index in [1.165, 1.54) is 16.7 Å². The molecule has 1 aromatic heterocycles. The number of ether oxygens (including phenoxy) is 2. The van der Waals surface area contributed by atoms with Crippen LogP contribution in [-0.2, 0) is 11.2 Å². The van der Waals surface area contributed by atoms with Gasteiger partial charge in [-0.05, 0) is 68.5 Å². The SMILES string of the molecule is CCc1ccc(C(=O)N2C[C@H]3C[C@@H]2CN3[C@@H](C)c2ccc(OCCOC)c(C)c2C)cn1. The van der Waals surface area contributed by atoms with E-state index in [0.29, 0.717) is 30.9 Å². The Morgan fingerprint density at radius 2 is 1.94 bits per heavy atom. The second kappa shape index (κ2) is 9.59. The van der Waals surface area contributed by atoms with Gasteiger partial charge in [-0.25, -0.2) is 0 Å². The van der Waals surface area contributed by atoms with Gasteiger partial charge in [0.25, 0.3) is 5.91 Å². The third-order valence-corrected chi connectivity index (χ3v) is 7.25. The Morgan fingerprint density at radius 3 is 2.56 bits per heavy atom. The summed E-state index contributed by atoms with van der Waals surface area (Å²) in [5.41, 5.74) is 5.53. The van der Waals surface area contributed by atoms with Gasteiger partial charge in [-0.2, -0.15) is 0 Å². The van der Waals surface area contributed by atoms with Crippen LogP contribution in [0.15, 0.2) is 30.5 Å². The summed E-state index contributed by atoms with van der Waals surface area (Å²) >= 11 is 0. The molecule has 172 valence electrons. The lowest BCUT2D eigenvalue weighted by molar-refractivity contribution is 0.0568. The first-order chi connectivity index (χ1) is 15.4. The van der Waals surface area contributed by atoms with Gasteiger partial charge in [0.2, 0.25) is 0 Å². The largest absolute Gasteiger partial charge is 0.491 e. The van der Waals surface area contributed by atoms with E-state index < -0.39 is 0 Å². The van der Waals surface area contributed by atoms with Gasteiger partial charge in [0.05, 0.1) is 12.2 Å². The number of carbonyl (C=O) groups excluding carboxylic acids is 1. The van der Waals surface area contributed by atoms with E-state index in [4.69, 9.17) is 9.47 Å². The number of piperazine rings is 1. The van der Waals surface area contributed by atoms with E-state index in [-0.39, 0.29) is 11.9 Å². The van der Waals surface area contributed by atoms with Gasteiger partial charge in [0.15, 0.2) is 0 Å². The molecule has 1 amide bonds. The monoisotopic (exact) mass is 437 g/mol. The van der Waals surface area contributed by atoms with Crippen LogP contribution in [0.5, 0.6) is 5.75 Å². The molecule has 0 aliphatic carbocycles. The molecular formula is C26H35N3O3. The third-order valence-electron chi connectivity index (χ3n) is 7.25. The zero-order valence-electron chi connectivity index (χ0n) is 19.9. The van der Waals surface area contributed by atoms with Gasteiger partial charge in [-0.15, -0.1) is 0 Å². The van der Waals surface area contributed by atoms with Gasteiger partial charge in [-0.3, -0.25) is 14.7 Å². The first-order valence-corrected chi connectivity index (χ1v) is 11.7. The Morgan fingerprint density at radius 1 is 1.12 bits per heavy atom. The predicted octanol–water partition coefficient (Wildman–Crippen LogP) is 3.95. The fourth-order valence-corrected chi connectivity index (χ4v) is 5.19. The van der Waals surface area contributed by atoms with Crippen molar-refractivity contribution in [2.75, 3.05) is 33.4 Å². The fourth-order valence-electron chi connectivity index (χ4n) is 5.19. The lowest BCUT2D eigenvalue weighted by Crippen LogP contribution is -2.49. The lowest BCUT2D eigenvalue weighted by atomic mass is 9.96. The van der Waals surface area contributed by atoms with Crippen molar-refractivity contribution in [3.63, 3.8) is 0 Å². The number of aryl methyl sites for hydroxylation is 1. The Labute approximate surface area is 191 Å². The van der Waals surface area contributed by atoms with E-state index in [0.717, 1.165) is 37.4 Å². The van der Waals surface area contributed by atoms with Crippen LogP contribution in [0.4, 0.5) is 0 Å². The number of fused-ring (bicyclic) bond motifs is 2. The zero-order valence-corrected chi connectivity index (χ0v) is 19.9. The molecule has 4 rings (SSSR count). The van der Waals surface area contributed by atoms with E-state index in [1.54, 1.807) is 13.3 Å². The molecule has 2 saturated heterocycles. The lowest BCUT2D eigenvalue weighted by Gasteiger charge is -2.38. The minimum Gasteiger partial charge on any atom is -0.491 e. The van der Waals surface area contributed by atoms with E-state index in [2.05, 4.69) is 54.6 Å². The number of benzene rings is 1. The summed E-state index contributed by atoms with van der Waals surface area (Å²) in [5.74, 6) is 1.04. The van der Waals surface area contributed by atoms with Crippen molar-refractivity contribution in [3.8, 4) is 5.75 Å². The Balaban J connectivity index is 1.43.